The van der Waals surface area contributed by atoms with Crippen molar-refractivity contribution in [2.75, 3.05) is 26.9 Å². The quantitative estimate of drug-likeness (QED) is 0.840. The van der Waals surface area contributed by atoms with Crippen molar-refractivity contribution in [2.24, 2.45) is 0 Å². The van der Waals surface area contributed by atoms with Crippen LogP contribution >= 0.6 is 0 Å². The lowest BCUT2D eigenvalue weighted by Gasteiger charge is -2.14. The van der Waals surface area contributed by atoms with E-state index in [1.54, 1.807) is 7.11 Å². The van der Waals surface area contributed by atoms with E-state index in [1.807, 2.05) is 24.3 Å². The summed E-state index contributed by atoms with van der Waals surface area (Å²) in [5.41, 5.74) is 0.807. The molecule has 0 aromatic heterocycles. The number of hydrogen-bond donors (Lipinski definition) is 1. The molecule has 1 aliphatic heterocycles. The third-order valence-electron chi connectivity index (χ3n) is 3.08. The molecule has 1 N–H and O–H groups in total. The van der Waals surface area contributed by atoms with E-state index in [9.17, 15) is 5.11 Å². The maximum absolute atomic E-state index is 9.99. The Morgan fingerprint density at radius 2 is 2.39 bits per heavy atom. The van der Waals surface area contributed by atoms with Gasteiger partial charge in [0, 0.05) is 6.61 Å². The highest BCUT2D eigenvalue weighted by molar-refractivity contribution is 5.29. The number of rotatable bonds is 6. The zero-order valence-corrected chi connectivity index (χ0v) is 10.7. The van der Waals surface area contributed by atoms with Crippen molar-refractivity contribution in [3.05, 3.63) is 29.8 Å². The second-order valence-electron chi connectivity index (χ2n) is 4.46. The summed E-state index contributed by atoms with van der Waals surface area (Å²) >= 11 is 0. The highest BCUT2D eigenvalue weighted by Crippen LogP contribution is 2.20. The zero-order valence-electron chi connectivity index (χ0n) is 10.7. The van der Waals surface area contributed by atoms with Crippen molar-refractivity contribution in [1.82, 2.24) is 0 Å². The summed E-state index contributed by atoms with van der Waals surface area (Å²) in [5.74, 6) is 0.741. The molecule has 4 heteroatoms. The molecule has 0 aliphatic carbocycles. The van der Waals surface area contributed by atoms with Crippen LogP contribution in [0.2, 0.25) is 0 Å². The Labute approximate surface area is 107 Å². The van der Waals surface area contributed by atoms with Crippen LogP contribution in [0.25, 0.3) is 0 Å². The molecule has 1 fully saturated rings. The lowest BCUT2D eigenvalue weighted by molar-refractivity contribution is -0.0176. The van der Waals surface area contributed by atoms with Crippen LogP contribution in [0, 0.1) is 0 Å². The first-order chi connectivity index (χ1) is 8.79. The minimum Gasteiger partial charge on any atom is -0.497 e. The molecule has 4 nitrogen and oxygen atoms in total. The summed E-state index contributed by atoms with van der Waals surface area (Å²) < 4.78 is 16.1. The average Bonchev–Trinajstić information content (AvgIpc) is 2.92. The lowest BCUT2D eigenvalue weighted by atomic mass is 10.1. The summed E-state index contributed by atoms with van der Waals surface area (Å²) in [5, 5.41) is 9.99. The highest BCUT2D eigenvalue weighted by Gasteiger charge is 2.16. The predicted octanol–water partition coefficient (Wildman–Crippen LogP) is 1.92. The smallest absolute Gasteiger partial charge is 0.119 e. The number of hydrogen-bond acceptors (Lipinski definition) is 4. The van der Waals surface area contributed by atoms with Crippen LogP contribution in [0.3, 0.4) is 0 Å². The third kappa shape index (κ3) is 3.70. The largest absolute Gasteiger partial charge is 0.497 e. The summed E-state index contributed by atoms with van der Waals surface area (Å²) in [4.78, 5) is 0. The zero-order chi connectivity index (χ0) is 12.8. The number of aliphatic hydroxyl groups excluding tert-OH is 1. The molecule has 0 amide bonds. The first-order valence-corrected chi connectivity index (χ1v) is 6.31. The molecule has 0 radical (unpaired) electrons. The summed E-state index contributed by atoms with van der Waals surface area (Å²) in [6.45, 7) is 1.67. The molecular formula is C14H20O4. The van der Waals surface area contributed by atoms with E-state index < -0.39 is 6.10 Å². The molecule has 18 heavy (non-hydrogen) atoms. The minimum absolute atomic E-state index is 0.197. The Balaban J connectivity index is 1.77. The lowest BCUT2D eigenvalue weighted by Crippen LogP contribution is -2.17. The summed E-state index contributed by atoms with van der Waals surface area (Å²) in [6, 6.07) is 7.39. The van der Waals surface area contributed by atoms with Crippen molar-refractivity contribution < 1.29 is 19.3 Å². The third-order valence-corrected chi connectivity index (χ3v) is 3.08. The summed E-state index contributed by atoms with van der Waals surface area (Å²) in [7, 11) is 1.61. The maximum Gasteiger partial charge on any atom is 0.119 e. The Kier molecular flexibility index (Phi) is 4.99. The maximum atomic E-state index is 9.99. The Morgan fingerprint density at radius 1 is 1.50 bits per heavy atom. The first-order valence-electron chi connectivity index (χ1n) is 6.31. The second-order valence-corrected chi connectivity index (χ2v) is 4.46. The van der Waals surface area contributed by atoms with Crippen LogP contribution in [0.1, 0.15) is 24.5 Å². The predicted molar refractivity (Wildman–Crippen MR) is 67.7 cm³/mol. The number of benzene rings is 1. The Bertz CT molecular complexity index is 361. The molecule has 0 bridgehead atoms. The SMILES string of the molecule is COc1cccc(C(O)COCC2CCCO2)c1. The van der Waals surface area contributed by atoms with E-state index >= 15 is 0 Å². The van der Waals surface area contributed by atoms with Crippen LogP contribution in [-0.2, 0) is 9.47 Å². The van der Waals surface area contributed by atoms with Gasteiger partial charge in [0.25, 0.3) is 0 Å². The number of methoxy groups -OCH3 is 1. The average molecular weight is 252 g/mol. The molecule has 0 spiro atoms. The van der Waals surface area contributed by atoms with Gasteiger partial charge in [-0.1, -0.05) is 12.1 Å². The van der Waals surface area contributed by atoms with E-state index in [2.05, 4.69) is 0 Å². The van der Waals surface area contributed by atoms with E-state index in [0.29, 0.717) is 6.61 Å². The molecule has 2 rings (SSSR count). The molecule has 100 valence electrons. The molecular weight excluding hydrogens is 232 g/mol. The van der Waals surface area contributed by atoms with Crippen LogP contribution < -0.4 is 4.74 Å². The second kappa shape index (κ2) is 6.73. The molecule has 0 saturated carbocycles. The van der Waals surface area contributed by atoms with Crippen molar-refractivity contribution in [2.45, 2.75) is 25.0 Å². The van der Waals surface area contributed by atoms with Gasteiger partial charge >= 0.3 is 0 Å². The van der Waals surface area contributed by atoms with E-state index in [-0.39, 0.29) is 12.7 Å². The summed E-state index contributed by atoms with van der Waals surface area (Å²) in [6.07, 6.45) is 1.73. The minimum atomic E-state index is -0.624. The van der Waals surface area contributed by atoms with Gasteiger partial charge in [0.2, 0.25) is 0 Å². The number of aliphatic hydroxyl groups is 1. The van der Waals surface area contributed by atoms with Gasteiger partial charge in [0.1, 0.15) is 11.9 Å². The molecule has 2 atom stereocenters. The molecule has 1 heterocycles. The van der Waals surface area contributed by atoms with Gasteiger partial charge in [0.15, 0.2) is 0 Å². The van der Waals surface area contributed by atoms with Gasteiger partial charge in [-0.05, 0) is 30.5 Å². The normalized spacial score (nSPS) is 20.9. The Morgan fingerprint density at radius 3 is 3.11 bits per heavy atom. The van der Waals surface area contributed by atoms with Gasteiger partial charge in [-0.3, -0.25) is 0 Å². The van der Waals surface area contributed by atoms with Crippen molar-refractivity contribution in [1.29, 1.82) is 0 Å². The Hall–Kier alpha value is -1.10. The van der Waals surface area contributed by atoms with Crippen LogP contribution in [0.15, 0.2) is 24.3 Å². The fraction of sp³-hybridized carbons (Fsp3) is 0.571. The standard InChI is InChI=1S/C14H20O4/c1-16-12-5-2-4-11(8-12)14(15)10-17-9-13-6-3-7-18-13/h2,4-5,8,13-15H,3,6-7,9-10H2,1H3. The molecule has 1 saturated heterocycles. The fourth-order valence-corrected chi connectivity index (χ4v) is 2.03. The van der Waals surface area contributed by atoms with Gasteiger partial charge in [-0.15, -0.1) is 0 Å². The van der Waals surface area contributed by atoms with Crippen molar-refractivity contribution in [3.8, 4) is 5.75 Å². The molecule has 1 aromatic carbocycles. The fourth-order valence-electron chi connectivity index (χ4n) is 2.03. The molecule has 2 unspecified atom stereocenters. The van der Waals surface area contributed by atoms with Crippen molar-refractivity contribution >= 4 is 0 Å². The first kappa shape index (κ1) is 13.3. The van der Waals surface area contributed by atoms with Crippen LogP contribution in [-0.4, -0.2) is 38.1 Å². The van der Waals surface area contributed by atoms with Gasteiger partial charge in [-0.25, -0.2) is 0 Å². The van der Waals surface area contributed by atoms with Gasteiger partial charge in [0.05, 0.1) is 26.4 Å². The highest BCUT2D eigenvalue weighted by atomic mass is 16.5. The topological polar surface area (TPSA) is 47.9 Å². The monoisotopic (exact) mass is 252 g/mol. The molecule has 1 aliphatic rings. The number of ether oxygens (including phenoxy) is 3. The van der Waals surface area contributed by atoms with Crippen molar-refractivity contribution in [3.63, 3.8) is 0 Å². The van der Waals surface area contributed by atoms with Gasteiger partial charge < -0.3 is 19.3 Å². The van der Waals surface area contributed by atoms with E-state index in [4.69, 9.17) is 14.2 Å². The van der Waals surface area contributed by atoms with E-state index in [1.165, 1.54) is 0 Å². The van der Waals surface area contributed by atoms with Gasteiger partial charge in [-0.2, -0.15) is 0 Å². The van der Waals surface area contributed by atoms with E-state index in [0.717, 1.165) is 30.8 Å². The van der Waals surface area contributed by atoms with Crippen LogP contribution in [0.5, 0.6) is 5.75 Å². The van der Waals surface area contributed by atoms with Crippen LogP contribution in [0.4, 0.5) is 0 Å². The molecule has 1 aromatic rings.